The molecule has 8 nitrogen and oxygen atoms in total. The lowest BCUT2D eigenvalue weighted by atomic mass is 10.0. The van der Waals surface area contributed by atoms with Crippen molar-refractivity contribution in [1.82, 2.24) is 19.5 Å². The number of nitrogens with zero attached hydrogens (tertiary/aromatic N) is 4. The van der Waals surface area contributed by atoms with Crippen molar-refractivity contribution in [3.8, 4) is 0 Å². The second-order valence-electron chi connectivity index (χ2n) is 5.92. The fraction of sp³-hybridized carbons (Fsp3) is 0.438. The molecule has 0 spiro atoms. The summed E-state index contributed by atoms with van der Waals surface area (Å²) >= 11 is 0. The van der Waals surface area contributed by atoms with Gasteiger partial charge in [-0.3, -0.25) is 4.79 Å². The summed E-state index contributed by atoms with van der Waals surface area (Å²) < 4.78 is 29.5. The summed E-state index contributed by atoms with van der Waals surface area (Å²) in [6.45, 7) is 4.87. The Balaban J connectivity index is 1.82. The summed E-state index contributed by atoms with van der Waals surface area (Å²) in [5.41, 5.74) is 1.67. The summed E-state index contributed by atoms with van der Waals surface area (Å²) in [5, 5.41) is 7.71. The van der Waals surface area contributed by atoms with Crippen LogP contribution in [0.1, 0.15) is 31.7 Å². The number of nitrogens with one attached hydrogen (secondary N) is 1. The number of rotatable bonds is 5. The van der Waals surface area contributed by atoms with Crippen LogP contribution < -0.4 is 9.62 Å². The van der Waals surface area contributed by atoms with Crippen molar-refractivity contribution in [1.29, 1.82) is 0 Å². The lowest BCUT2D eigenvalue weighted by Crippen LogP contribution is -2.33. The second kappa shape index (κ2) is 6.93. The number of aryl methyl sites for hydroxylation is 2. The Bertz CT molecular complexity index is 891. The molecule has 0 bridgehead atoms. The largest absolute Gasteiger partial charge is 0.317 e. The molecule has 25 heavy (non-hydrogen) atoms. The summed E-state index contributed by atoms with van der Waals surface area (Å²) in [7, 11) is -3.67. The maximum absolute atomic E-state index is 12.6. The first kappa shape index (κ1) is 17.6. The Morgan fingerprint density at radius 1 is 1.36 bits per heavy atom. The normalized spacial score (nSPS) is 14.4. The van der Waals surface area contributed by atoms with E-state index in [1.165, 1.54) is 13.0 Å². The maximum atomic E-state index is 12.6. The number of anilines is 1. The van der Waals surface area contributed by atoms with Crippen LogP contribution in [-0.4, -0.2) is 35.6 Å². The van der Waals surface area contributed by atoms with Gasteiger partial charge in [-0.1, -0.05) is 0 Å². The molecule has 9 heteroatoms. The number of benzene rings is 1. The monoisotopic (exact) mass is 363 g/mol. The lowest BCUT2D eigenvalue weighted by molar-refractivity contribution is -0.116. The molecule has 0 radical (unpaired) electrons. The fourth-order valence-corrected chi connectivity index (χ4v) is 4.02. The molecule has 3 rings (SSSR count). The van der Waals surface area contributed by atoms with Crippen LogP contribution in [0, 0.1) is 0 Å². The van der Waals surface area contributed by atoms with E-state index in [9.17, 15) is 13.2 Å². The van der Waals surface area contributed by atoms with Gasteiger partial charge >= 0.3 is 0 Å². The highest BCUT2D eigenvalue weighted by molar-refractivity contribution is 7.89. The van der Waals surface area contributed by atoms with E-state index >= 15 is 0 Å². The van der Waals surface area contributed by atoms with Crippen molar-refractivity contribution in [2.24, 2.45) is 0 Å². The van der Waals surface area contributed by atoms with E-state index in [4.69, 9.17) is 0 Å². The first-order valence-electron chi connectivity index (χ1n) is 8.19. The number of carbonyl (C=O) groups is 1. The van der Waals surface area contributed by atoms with E-state index in [1.54, 1.807) is 27.9 Å². The van der Waals surface area contributed by atoms with Crippen molar-refractivity contribution in [2.75, 3.05) is 11.4 Å². The molecule has 1 aliphatic rings. The molecular formula is C16H21N5O3S. The van der Waals surface area contributed by atoms with Gasteiger partial charge in [-0.25, -0.2) is 13.1 Å². The highest BCUT2D eigenvalue weighted by atomic mass is 32.2. The van der Waals surface area contributed by atoms with Gasteiger partial charge in [0, 0.05) is 25.7 Å². The van der Waals surface area contributed by atoms with Crippen LogP contribution in [0.25, 0.3) is 0 Å². The van der Waals surface area contributed by atoms with Crippen molar-refractivity contribution in [3.05, 3.63) is 35.9 Å². The maximum Gasteiger partial charge on any atom is 0.240 e. The van der Waals surface area contributed by atoms with Crippen LogP contribution >= 0.6 is 0 Å². The van der Waals surface area contributed by atoms with Crippen molar-refractivity contribution < 1.29 is 13.2 Å². The van der Waals surface area contributed by atoms with Gasteiger partial charge in [0.15, 0.2) is 0 Å². The van der Waals surface area contributed by atoms with Crippen molar-refractivity contribution >= 4 is 21.6 Å². The number of hydrogen-bond acceptors (Lipinski definition) is 5. The average Bonchev–Trinajstić information content (AvgIpc) is 3.06. The molecule has 1 aliphatic heterocycles. The zero-order valence-electron chi connectivity index (χ0n) is 14.3. The Morgan fingerprint density at radius 3 is 2.88 bits per heavy atom. The van der Waals surface area contributed by atoms with Gasteiger partial charge < -0.3 is 9.47 Å². The van der Waals surface area contributed by atoms with Crippen LogP contribution in [-0.2, 0) is 34.3 Å². The number of hydrogen-bond donors (Lipinski definition) is 1. The summed E-state index contributed by atoms with van der Waals surface area (Å²) in [6.07, 6.45) is 3.15. The summed E-state index contributed by atoms with van der Waals surface area (Å²) in [6, 6.07) is 4.89. The second-order valence-corrected chi connectivity index (χ2v) is 7.69. The van der Waals surface area contributed by atoms with Crippen molar-refractivity contribution in [3.63, 3.8) is 0 Å². The quantitative estimate of drug-likeness (QED) is 0.857. The number of amides is 1. The molecule has 0 saturated carbocycles. The van der Waals surface area contributed by atoms with E-state index < -0.39 is 10.0 Å². The predicted octanol–water partition coefficient (Wildman–Crippen LogP) is 1.08. The zero-order valence-corrected chi connectivity index (χ0v) is 15.1. The molecule has 0 aliphatic carbocycles. The van der Waals surface area contributed by atoms with Gasteiger partial charge in [-0.15, -0.1) is 10.2 Å². The van der Waals surface area contributed by atoms with Crippen LogP contribution in [0.5, 0.6) is 0 Å². The minimum Gasteiger partial charge on any atom is -0.317 e. The van der Waals surface area contributed by atoms with Crippen LogP contribution in [0.3, 0.4) is 0 Å². The molecule has 2 heterocycles. The molecule has 1 amide bonds. The minimum atomic E-state index is -3.67. The van der Waals surface area contributed by atoms with Gasteiger partial charge in [-0.05, 0) is 43.5 Å². The molecule has 0 unspecified atom stereocenters. The van der Waals surface area contributed by atoms with E-state index in [0.29, 0.717) is 18.9 Å². The molecule has 1 aromatic heterocycles. The molecule has 1 aromatic carbocycles. The molecule has 2 aromatic rings. The van der Waals surface area contributed by atoms with Gasteiger partial charge in [0.25, 0.3) is 0 Å². The van der Waals surface area contributed by atoms with Crippen LogP contribution in [0.2, 0.25) is 0 Å². The molecule has 134 valence electrons. The summed E-state index contributed by atoms with van der Waals surface area (Å²) in [5.74, 6) is 0.528. The topological polar surface area (TPSA) is 97.2 Å². The molecule has 0 atom stereocenters. The third-order valence-electron chi connectivity index (χ3n) is 4.32. The lowest BCUT2D eigenvalue weighted by Gasteiger charge is -2.28. The third-order valence-corrected chi connectivity index (χ3v) is 5.72. The minimum absolute atomic E-state index is 0.0337. The fourth-order valence-electron chi connectivity index (χ4n) is 2.99. The highest BCUT2D eigenvalue weighted by Crippen LogP contribution is 2.29. The number of sulfonamides is 1. The molecule has 0 fully saturated rings. The van der Waals surface area contributed by atoms with Gasteiger partial charge in [0.05, 0.1) is 11.4 Å². The summed E-state index contributed by atoms with van der Waals surface area (Å²) in [4.78, 5) is 13.6. The number of carbonyl (C=O) groups excluding carboxylic acids is 1. The number of fused-ring (bicyclic) bond motifs is 1. The first-order chi connectivity index (χ1) is 11.9. The van der Waals surface area contributed by atoms with Crippen molar-refractivity contribution in [2.45, 2.75) is 44.7 Å². The van der Waals surface area contributed by atoms with Gasteiger partial charge in [0.2, 0.25) is 15.9 Å². The first-order valence-corrected chi connectivity index (χ1v) is 9.68. The SMILES string of the molecule is CCn1cnnc1CNS(=O)(=O)c1ccc2c(c1)CCCN2C(C)=O. The zero-order chi connectivity index (χ0) is 18.0. The van der Waals surface area contributed by atoms with Gasteiger partial charge in [-0.2, -0.15) is 0 Å². The number of aromatic nitrogens is 3. The van der Waals surface area contributed by atoms with Crippen LogP contribution in [0.15, 0.2) is 29.4 Å². The predicted molar refractivity (Wildman–Crippen MR) is 92.5 cm³/mol. The van der Waals surface area contributed by atoms with E-state index in [1.807, 2.05) is 6.92 Å². The Hall–Kier alpha value is -2.26. The Kier molecular flexibility index (Phi) is 4.87. The third kappa shape index (κ3) is 3.57. The average molecular weight is 363 g/mol. The van der Waals surface area contributed by atoms with E-state index in [2.05, 4.69) is 14.9 Å². The Labute approximate surface area is 146 Å². The standard InChI is InChI=1S/C16H21N5O3S/c1-3-20-11-17-19-16(20)10-18-25(23,24)14-6-7-15-13(9-14)5-4-8-21(15)12(2)22/h6-7,9,11,18H,3-5,8,10H2,1-2H3. The smallest absolute Gasteiger partial charge is 0.240 e. The molecule has 0 saturated heterocycles. The molecule has 1 N–H and O–H groups in total. The highest BCUT2D eigenvalue weighted by Gasteiger charge is 2.23. The van der Waals surface area contributed by atoms with E-state index in [-0.39, 0.29) is 17.3 Å². The van der Waals surface area contributed by atoms with E-state index in [0.717, 1.165) is 24.1 Å². The molecular weight excluding hydrogens is 342 g/mol. The van der Waals surface area contributed by atoms with Crippen LogP contribution in [0.4, 0.5) is 5.69 Å². The Morgan fingerprint density at radius 2 is 2.16 bits per heavy atom. The van der Waals surface area contributed by atoms with Gasteiger partial charge in [0.1, 0.15) is 12.2 Å².